The zero-order valence-electron chi connectivity index (χ0n) is 12.9. The molecule has 5 nitrogen and oxygen atoms in total. The van der Waals surface area contributed by atoms with E-state index in [2.05, 4.69) is 5.32 Å². The number of ether oxygens (including phenoxy) is 1. The number of rotatable bonds is 3. The molecular formula is C15H25NO4. The monoisotopic (exact) mass is 283 g/mol. The molecule has 1 rings (SSSR count). The third-order valence-electron chi connectivity index (χ3n) is 2.12. The molecule has 1 aromatic rings. The van der Waals surface area contributed by atoms with Gasteiger partial charge in [-0.3, -0.25) is 0 Å². The van der Waals surface area contributed by atoms with E-state index in [0.29, 0.717) is 13.0 Å². The van der Waals surface area contributed by atoms with Gasteiger partial charge in [-0.05, 0) is 44.9 Å². The number of alkyl carbamates (subject to hydrolysis) is 1. The standard InChI is InChI=1S/C13H19NO4.C2H6/c1-13(2,3)18-12(17)14-7-6-9-4-5-10(15)11(16)8-9;1-2/h4-5,8,15-16H,6-7H2,1-3H3,(H,14,17);1-2H3. The van der Waals surface area contributed by atoms with Crippen LogP contribution in [-0.2, 0) is 11.2 Å². The van der Waals surface area contributed by atoms with Crippen molar-refractivity contribution < 1.29 is 19.7 Å². The Morgan fingerprint density at radius 1 is 1.20 bits per heavy atom. The molecule has 0 unspecified atom stereocenters. The molecule has 20 heavy (non-hydrogen) atoms. The van der Waals surface area contributed by atoms with Gasteiger partial charge in [0.05, 0.1) is 0 Å². The van der Waals surface area contributed by atoms with E-state index in [1.54, 1.807) is 26.8 Å². The molecule has 1 aromatic carbocycles. The van der Waals surface area contributed by atoms with E-state index in [-0.39, 0.29) is 11.5 Å². The lowest BCUT2D eigenvalue weighted by Crippen LogP contribution is -2.33. The summed E-state index contributed by atoms with van der Waals surface area (Å²) < 4.78 is 5.08. The summed E-state index contributed by atoms with van der Waals surface area (Å²) >= 11 is 0. The maximum Gasteiger partial charge on any atom is 0.407 e. The van der Waals surface area contributed by atoms with Gasteiger partial charge in [0.15, 0.2) is 11.5 Å². The number of aromatic hydroxyl groups is 2. The Morgan fingerprint density at radius 3 is 2.30 bits per heavy atom. The molecule has 0 fully saturated rings. The van der Waals surface area contributed by atoms with Gasteiger partial charge in [0.25, 0.3) is 0 Å². The summed E-state index contributed by atoms with van der Waals surface area (Å²) in [5.74, 6) is -0.316. The van der Waals surface area contributed by atoms with Crippen LogP contribution in [0.1, 0.15) is 40.2 Å². The second-order valence-corrected chi connectivity index (χ2v) is 5.00. The van der Waals surface area contributed by atoms with E-state index < -0.39 is 11.7 Å². The second kappa shape index (κ2) is 8.30. The van der Waals surface area contributed by atoms with Crippen LogP contribution in [0.3, 0.4) is 0 Å². The van der Waals surface area contributed by atoms with Gasteiger partial charge in [0.2, 0.25) is 0 Å². The largest absolute Gasteiger partial charge is 0.504 e. The second-order valence-electron chi connectivity index (χ2n) is 5.00. The van der Waals surface area contributed by atoms with Crippen molar-refractivity contribution >= 4 is 6.09 Å². The molecule has 0 heterocycles. The van der Waals surface area contributed by atoms with Gasteiger partial charge < -0.3 is 20.3 Å². The van der Waals surface area contributed by atoms with Crippen molar-refractivity contribution in [2.24, 2.45) is 0 Å². The first-order valence-electron chi connectivity index (χ1n) is 6.75. The van der Waals surface area contributed by atoms with Crippen LogP contribution >= 0.6 is 0 Å². The van der Waals surface area contributed by atoms with Gasteiger partial charge in [-0.1, -0.05) is 19.9 Å². The Labute approximate surface area is 120 Å². The Bertz CT molecular complexity index is 424. The van der Waals surface area contributed by atoms with Gasteiger partial charge in [-0.25, -0.2) is 4.79 Å². The third kappa shape index (κ3) is 7.51. The summed E-state index contributed by atoms with van der Waals surface area (Å²) in [5, 5.41) is 21.1. The zero-order chi connectivity index (χ0) is 15.8. The summed E-state index contributed by atoms with van der Waals surface area (Å²) in [4.78, 5) is 11.3. The van der Waals surface area contributed by atoms with Crippen molar-refractivity contribution in [1.82, 2.24) is 5.32 Å². The van der Waals surface area contributed by atoms with Crippen molar-refractivity contribution in [3.05, 3.63) is 23.8 Å². The highest BCUT2D eigenvalue weighted by atomic mass is 16.6. The average molecular weight is 283 g/mol. The first kappa shape index (κ1) is 18.1. The SMILES string of the molecule is CC.CC(C)(C)OC(=O)NCCc1ccc(O)c(O)c1. The Balaban J connectivity index is 0.00000172. The van der Waals surface area contributed by atoms with Crippen LogP contribution < -0.4 is 5.32 Å². The molecule has 0 bridgehead atoms. The summed E-state index contributed by atoms with van der Waals surface area (Å²) in [7, 11) is 0. The molecule has 0 saturated carbocycles. The first-order valence-corrected chi connectivity index (χ1v) is 6.75. The van der Waals surface area contributed by atoms with E-state index in [9.17, 15) is 9.90 Å². The molecule has 3 N–H and O–H groups in total. The molecule has 0 aliphatic rings. The Kier molecular flexibility index (Phi) is 7.51. The summed E-state index contributed by atoms with van der Waals surface area (Å²) in [6.07, 6.45) is 0.0816. The maximum atomic E-state index is 11.3. The highest BCUT2D eigenvalue weighted by Gasteiger charge is 2.15. The minimum Gasteiger partial charge on any atom is -0.504 e. The lowest BCUT2D eigenvalue weighted by molar-refractivity contribution is 0.0528. The molecule has 0 aliphatic carbocycles. The Hall–Kier alpha value is -1.91. The van der Waals surface area contributed by atoms with E-state index in [0.717, 1.165) is 5.56 Å². The van der Waals surface area contributed by atoms with Crippen molar-refractivity contribution in [3.63, 3.8) is 0 Å². The van der Waals surface area contributed by atoms with Crippen LogP contribution in [0.5, 0.6) is 11.5 Å². The topological polar surface area (TPSA) is 78.8 Å². The number of carbonyl (C=O) groups excluding carboxylic acids is 1. The van der Waals surface area contributed by atoms with Crippen molar-refractivity contribution in [3.8, 4) is 11.5 Å². The van der Waals surface area contributed by atoms with E-state index in [4.69, 9.17) is 9.84 Å². The van der Waals surface area contributed by atoms with Crippen LogP contribution in [-0.4, -0.2) is 28.5 Å². The lowest BCUT2D eigenvalue weighted by Gasteiger charge is -2.19. The molecule has 1 amide bonds. The molecule has 0 radical (unpaired) electrons. The maximum absolute atomic E-state index is 11.3. The number of nitrogens with one attached hydrogen (secondary N) is 1. The predicted octanol–water partition coefficient (Wildman–Crippen LogP) is 3.19. The summed E-state index contributed by atoms with van der Waals surface area (Å²) in [5.41, 5.74) is 0.308. The normalized spacial score (nSPS) is 10.2. The molecule has 0 saturated heterocycles. The molecule has 114 valence electrons. The van der Waals surface area contributed by atoms with Gasteiger partial charge in [0, 0.05) is 6.54 Å². The van der Waals surface area contributed by atoms with E-state index in [1.807, 2.05) is 13.8 Å². The van der Waals surface area contributed by atoms with Gasteiger partial charge in [0.1, 0.15) is 5.60 Å². The molecule has 0 aliphatic heterocycles. The predicted molar refractivity (Wildman–Crippen MR) is 79.1 cm³/mol. The van der Waals surface area contributed by atoms with Crippen LogP contribution in [0, 0.1) is 0 Å². The van der Waals surface area contributed by atoms with Crippen LogP contribution in [0.4, 0.5) is 4.79 Å². The zero-order valence-corrected chi connectivity index (χ0v) is 12.9. The van der Waals surface area contributed by atoms with Gasteiger partial charge in [-0.2, -0.15) is 0 Å². The van der Waals surface area contributed by atoms with Gasteiger partial charge in [-0.15, -0.1) is 0 Å². The first-order chi connectivity index (χ1) is 9.28. The van der Waals surface area contributed by atoms with Crippen molar-refractivity contribution in [1.29, 1.82) is 0 Å². The number of carbonyl (C=O) groups is 1. The number of benzene rings is 1. The molecule has 0 aromatic heterocycles. The fourth-order valence-corrected chi connectivity index (χ4v) is 1.35. The Morgan fingerprint density at radius 2 is 1.80 bits per heavy atom. The van der Waals surface area contributed by atoms with Crippen LogP contribution in [0.25, 0.3) is 0 Å². The lowest BCUT2D eigenvalue weighted by atomic mass is 10.1. The van der Waals surface area contributed by atoms with Crippen molar-refractivity contribution in [2.75, 3.05) is 6.54 Å². The van der Waals surface area contributed by atoms with Gasteiger partial charge >= 0.3 is 6.09 Å². The number of hydrogen-bond acceptors (Lipinski definition) is 4. The summed E-state index contributed by atoms with van der Waals surface area (Å²) in [6, 6.07) is 4.57. The quantitative estimate of drug-likeness (QED) is 0.744. The number of amides is 1. The van der Waals surface area contributed by atoms with Crippen LogP contribution in [0.15, 0.2) is 18.2 Å². The molecule has 0 atom stereocenters. The average Bonchev–Trinajstić information content (AvgIpc) is 2.34. The third-order valence-corrected chi connectivity index (χ3v) is 2.12. The smallest absolute Gasteiger partial charge is 0.407 e. The van der Waals surface area contributed by atoms with Crippen molar-refractivity contribution in [2.45, 2.75) is 46.6 Å². The molecule has 0 spiro atoms. The highest BCUT2D eigenvalue weighted by molar-refractivity contribution is 5.67. The minimum absolute atomic E-state index is 0.154. The highest BCUT2D eigenvalue weighted by Crippen LogP contribution is 2.24. The number of phenols is 2. The molecular weight excluding hydrogens is 258 g/mol. The molecule has 5 heteroatoms. The van der Waals surface area contributed by atoms with E-state index >= 15 is 0 Å². The number of phenolic OH excluding ortho intramolecular Hbond substituents is 2. The fraction of sp³-hybridized carbons (Fsp3) is 0.533. The fourth-order valence-electron chi connectivity index (χ4n) is 1.35. The minimum atomic E-state index is -0.513. The summed E-state index contributed by atoms with van der Waals surface area (Å²) in [6.45, 7) is 9.79. The van der Waals surface area contributed by atoms with E-state index in [1.165, 1.54) is 12.1 Å². The van der Waals surface area contributed by atoms with Crippen LogP contribution in [0.2, 0.25) is 0 Å². The number of hydrogen-bond donors (Lipinski definition) is 3.